The highest BCUT2D eigenvalue weighted by Gasteiger charge is 2.11. The molecule has 2 aromatic carbocycles. The molecule has 2 heterocycles. The van der Waals surface area contributed by atoms with Gasteiger partial charge in [-0.15, -0.1) is 11.3 Å². The van der Waals surface area contributed by atoms with Crippen LogP contribution in [0.15, 0.2) is 54.2 Å². The van der Waals surface area contributed by atoms with Crippen LogP contribution in [-0.4, -0.2) is 21.0 Å². The Labute approximate surface area is 134 Å². The molecule has 0 bridgehead atoms. The van der Waals surface area contributed by atoms with Crippen molar-refractivity contribution in [2.75, 3.05) is 0 Å². The Morgan fingerprint density at radius 3 is 2.91 bits per heavy atom. The molecule has 6 heteroatoms. The Hall–Kier alpha value is -2.99. The normalized spacial score (nSPS) is 11.0. The second-order valence-electron chi connectivity index (χ2n) is 4.91. The molecule has 23 heavy (non-hydrogen) atoms. The number of rotatable bonds is 3. The summed E-state index contributed by atoms with van der Waals surface area (Å²) in [5.74, 6) is 0.160. The van der Waals surface area contributed by atoms with Gasteiger partial charge in [0.25, 0.3) is 0 Å². The van der Waals surface area contributed by atoms with Gasteiger partial charge >= 0.3 is 5.97 Å². The molecule has 112 valence electrons. The molecule has 5 nitrogen and oxygen atoms in total. The van der Waals surface area contributed by atoms with Crippen molar-refractivity contribution in [1.29, 1.82) is 0 Å². The monoisotopic (exact) mass is 322 g/mol. The molecule has 0 aliphatic carbocycles. The van der Waals surface area contributed by atoms with E-state index in [-0.39, 0.29) is 5.56 Å². The van der Waals surface area contributed by atoms with Crippen LogP contribution in [0.2, 0.25) is 0 Å². The summed E-state index contributed by atoms with van der Waals surface area (Å²) in [5.41, 5.74) is 1.12. The first-order chi connectivity index (χ1) is 11.2. The van der Waals surface area contributed by atoms with Crippen molar-refractivity contribution in [2.45, 2.75) is 0 Å². The predicted octanol–water partition coefficient (Wildman–Crippen LogP) is 4.34. The van der Waals surface area contributed by atoms with Gasteiger partial charge in [-0.05, 0) is 46.5 Å². The summed E-state index contributed by atoms with van der Waals surface area (Å²) in [6.07, 6.45) is 1.47. The molecule has 4 rings (SSSR count). The van der Waals surface area contributed by atoms with E-state index in [1.807, 2.05) is 23.6 Å². The van der Waals surface area contributed by atoms with Gasteiger partial charge in [-0.1, -0.05) is 12.1 Å². The van der Waals surface area contributed by atoms with Gasteiger partial charge < -0.3 is 9.84 Å². The van der Waals surface area contributed by atoms with E-state index in [0.717, 1.165) is 15.6 Å². The molecule has 0 radical (unpaired) electrons. The first-order valence-electron chi connectivity index (χ1n) is 6.84. The van der Waals surface area contributed by atoms with Crippen molar-refractivity contribution < 1.29 is 14.6 Å². The van der Waals surface area contributed by atoms with Crippen molar-refractivity contribution in [3.63, 3.8) is 0 Å². The highest BCUT2D eigenvalue weighted by molar-refractivity contribution is 7.17. The Morgan fingerprint density at radius 2 is 2.04 bits per heavy atom. The number of ether oxygens (including phenoxy) is 1. The van der Waals surface area contributed by atoms with Crippen LogP contribution < -0.4 is 4.74 Å². The zero-order valence-electron chi connectivity index (χ0n) is 11.8. The minimum atomic E-state index is -0.944. The molecule has 0 unspecified atom stereocenters. The Balaban J connectivity index is 1.78. The number of aromatic nitrogens is 2. The van der Waals surface area contributed by atoms with Gasteiger partial charge in [0.05, 0.1) is 11.1 Å². The van der Waals surface area contributed by atoms with E-state index < -0.39 is 5.97 Å². The van der Waals surface area contributed by atoms with Gasteiger partial charge in [-0.3, -0.25) is 0 Å². The van der Waals surface area contributed by atoms with E-state index in [2.05, 4.69) is 9.97 Å². The van der Waals surface area contributed by atoms with E-state index >= 15 is 0 Å². The summed E-state index contributed by atoms with van der Waals surface area (Å²) >= 11 is 1.52. The van der Waals surface area contributed by atoms with Gasteiger partial charge in [-0.2, -0.15) is 0 Å². The third-order valence-corrected chi connectivity index (χ3v) is 4.40. The highest BCUT2D eigenvalue weighted by atomic mass is 32.1. The van der Waals surface area contributed by atoms with Crippen molar-refractivity contribution in [2.24, 2.45) is 0 Å². The molecular weight excluding hydrogens is 312 g/mol. The van der Waals surface area contributed by atoms with Crippen LogP contribution >= 0.6 is 11.3 Å². The lowest BCUT2D eigenvalue weighted by Gasteiger charge is -2.08. The number of carboxylic acids is 1. The van der Waals surface area contributed by atoms with E-state index in [1.165, 1.54) is 17.7 Å². The average molecular weight is 322 g/mol. The van der Waals surface area contributed by atoms with E-state index in [4.69, 9.17) is 4.74 Å². The lowest BCUT2D eigenvalue weighted by molar-refractivity contribution is 0.0699. The molecular formula is C17H10N2O3S. The van der Waals surface area contributed by atoms with Crippen molar-refractivity contribution >= 4 is 38.3 Å². The third-order valence-electron chi connectivity index (χ3n) is 3.51. The average Bonchev–Trinajstić information content (AvgIpc) is 3.03. The van der Waals surface area contributed by atoms with E-state index in [1.54, 1.807) is 24.3 Å². The minimum absolute atomic E-state index is 0.275. The molecule has 0 aliphatic rings. The number of carbonyl (C=O) groups is 1. The molecule has 0 spiro atoms. The second kappa shape index (κ2) is 5.33. The van der Waals surface area contributed by atoms with Crippen LogP contribution in [0.1, 0.15) is 10.4 Å². The van der Waals surface area contributed by atoms with Gasteiger partial charge in [0.2, 0.25) is 5.88 Å². The summed E-state index contributed by atoms with van der Waals surface area (Å²) in [6.45, 7) is 0. The number of hydrogen-bond donors (Lipinski definition) is 1. The lowest BCUT2D eigenvalue weighted by Crippen LogP contribution is -1.97. The van der Waals surface area contributed by atoms with Crippen LogP contribution in [0.4, 0.5) is 0 Å². The fraction of sp³-hybridized carbons (Fsp3) is 0. The first-order valence-corrected chi connectivity index (χ1v) is 7.72. The van der Waals surface area contributed by atoms with E-state index in [9.17, 15) is 9.90 Å². The molecule has 0 saturated carbocycles. The lowest BCUT2D eigenvalue weighted by atomic mass is 10.0. The topological polar surface area (TPSA) is 72.3 Å². The fourth-order valence-corrected chi connectivity index (χ4v) is 3.23. The summed E-state index contributed by atoms with van der Waals surface area (Å²) in [7, 11) is 0. The molecule has 4 aromatic rings. The first kappa shape index (κ1) is 13.7. The number of carboxylic acid groups (broad SMARTS) is 1. The molecule has 0 fully saturated rings. The van der Waals surface area contributed by atoms with Gasteiger partial charge in [0.1, 0.15) is 16.8 Å². The second-order valence-corrected chi connectivity index (χ2v) is 5.83. The number of nitrogens with zero attached hydrogens (tertiary/aromatic N) is 2. The van der Waals surface area contributed by atoms with Gasteiger partial charge in [-0.25, -0.2) is 14.8 Å². The van der Waals surface area contributed by atoms with Crippen LogP contribution in [0.25, 0.3) is 21.0 Å². The molecule has 0 aliphatic heterocycles. The molecule has 0 amide bonds. The maximum absolute atomic E-state index is 11.3. The van der Waals surface area contributed by atoms with Crippen LogP contribution in [0.5, 0.6) is 11.6 Å². The number of aromatic carboxylic acids is 1. The molecule has 0 saturated heterocycles. The number of thiophene rings is 1. The standard InChI is InChI=1S/C17H10N2O3S/c20-17(21)13-3-1-2-10-8-11(4-5-12(10)13)22-16-15-14(6-7-23-15)18-9-19-16/h1-9H,(H,20,21). The van der Waals surface area contributed by atoms with Gasteiger partial charge in [0.15, 0.2) is 0 Å². The maximum Gasteiger partial charge on any atom is 0.336 e. The third kappa shape index (κ3) is 2.39. The number of fused-ring (bicyclic) bond motifs is 2. The number of benzene rings is 2. The predicted molar refractivity (Wildman–Crippen MR) is 88.4 cm³/mol. The zero-order chi connectivity index (χ0) is 15.8. The summed E-state index contributed by atoms with van der Waals surface area (Å²) in [5, 5.41) is 12.7. The van der Waals surface area contributed by atoms with E-state index in [0.29, 0.717) is 17.0 Å². The Kier molecular flexibility index (Phi) is 3.17. The van der Waals surface area contributed by atoms with Crippen LogP contribution in [-0.2, 0) is 0 Å². The zero-order valence-corrected chi connectivity index (χ0v) is 12.6. The Morgan fingerprint density at radius 1 is 1.13 bits per heavy atom. The summed E-state index contributed by atoms with van der Waals surface area (Å²) in [4.78, 5) is 19.6. The van der Waals surface area contributed by atoms with Crippen molar-refractivity contribution in [3.05, 3.63) is 59.7 Å². The molecule has 2 aromatic heterocycles. The largest absolute Gasteiger partial charge is 0.478 e. The Bertz CT molecular complexity index is 1040. The van der Waals surface area contributed by atoms with Crippen molar-refractivity contribution in [1.82, 2.24) is 9.97 Å². The molecule has 1 N–H and O–H groups in total. The minimum Gasteiger partial charge on any atom is -0.478 e. The summed E-state index contributed by atoms with van der Waals surface area (Å²) in [6, 6.07) is 12.4. The number of hydrogen-bond acceptors (Lipinski definition) is 5. The van der Waals surface area contributed by atoms with Gasteiger partial charge in [0, 0.05) is 0 Å². The van der Waals surface area contributed by atoms with Crippen LogP contribution in [0, 0.1) is 0 Å². The smallest absolute Gasteiger partial charge is 0.336 e. The van der Waals surface area contributed by atoms with Crippen molar-refractivity contribution in [3.8, 4) is 11.6 Å². The highest BCUT2D eigenvalue weighted by Crippen LogP contribution is 2.32. The maximum atomic E-state index is 11.3. The quantitative estimate of drug-likeness (QED) is 0.607. The molecule has 0 atom stereocenters. The summed E-state index contributed by atoms with van der Waals surface area (Å²) < 4.78 is 6.75. The SMILES string of the molecule is O=C(O)c1cccc2cc(Oc3ncnc4ccsc34)ccc12. The fourth-order valence-electron chi connectivity index (χ4n) is 2.46. The van der Waals surface area contributed by atoms with Crippen LogP contribution in [0.3, 0.4) is 0 Å².